The van der Waals surface area contributed by atoms with Crippen molar-refractivity contribution in [3.8, 4) is 0 Å². The van der Waals surface area contributed by atoms with Gasteiger partial charge >= 0.3 is 5.97 Å². The first-order valence-electron chi connectivity index (χ1n) is 10.9. The Labute approximate surface area is 215 Å². The summed E-state index contributed by atoms with van der Waals surface area (Å²) in [5.41, 5.74) is 1.44. The molecule has 0 saturated heterocycles. The van der Waals surface area contributed by atoms with Gasteiger partial charge in [-0.25, -0.2) is 4.79 Å². The molecule has 2 N–H and O–H groups in total. The van der Waals surface area contributed by atoms with E-state index in [0.29, 0.717) is 11.4 Å². The van der Waals surface area contributed by atoms with Crippen molar-refractivity contribution in [2.75, 3.05) is 5.32 Å². The molecule has 2 aliphatic rings. The van der Waals surface area contributed by atoms with Crippen molar-refractivity contribution in [1.82, 2.24) is 4.98 Å². The van der Waals surface area contributed by atoms with Crippen LogP contribution in [0.3, 0.4) is 0 Å². The molecule has 34 heavy (non-hydrogen) atoms. The minimum atomic E-state index is -1.04. The Morgan fingerprint density at radius 1 is 1.15 bits per heavy atom. The average Bonchev–Trinajstić information content (AvgIpc) is 2.82. The highest BCUT2D eigenvalue weighted by molar-refractivity contribution is 9.10. The number of alkyl halides is 1. The number of amides is 1. The maximum Gasteiger partial charge on any atom is 0.328 e. The molecular formula is C24H22BrCl2N3O4. The molecule has 1 aromatic heterocycles. The fourth-order valence-electron chi connectivity index (χ4n) is 4.63. The third kappa shape index (κ3) is 4.76. The summed E-state index contributed by atoms with van der Waals surface area (Å²) < 4.78 is 0. The number of aliphatic carboxylic acids is 1. The SMILES string of the molecule is O=C(Nc1ccc(C[C@H](N=C2C(Br)C(=O)C23CCCCC3)C(=O)O)cc1)c1c(Cl)cncc1Cl. The zero-order chi connectivity index (χ0) is 24.5. The van der Waals surface area contributed by atoms with Gasteiger partial charge in [0.1, 0.15) is 4.83 Å². The molecule has 1 unspecified atom stereocenters. The van der Waals surface area contributed by atoms with E-state index in [1.165, 1.54) is 12.4 Å². The number of carboxylic acids is 1. The van der Waals surface area contributed by atoms with Gasteiger partial charge in [-0.3, -0.25) is 19.6 Å². The van der Waals surface area contributed by atoms with Crippen LogP contribution in [0, 0.1) is 5.41 Å². The number of hydrogen-bond acceptors (Lipinski definition) is 5. The molecule has 10 heteroatoms. The molecule has 1 aromatic carbocycles. The van der Waals surface area contributed by atoms with E-state index in [1.54, 1.807) is 24.3 Å². The quantitative estimate of drug-likeness (QED) is 0.457. The number of anilines is 1. The maximum absolute atomic E-state index is 12.6. The number of pyridine rings is 1. The molecule has 1 heterocycles. The molecule has 2 fully saturated rings. The van der Waals surface area contributed by atoms with Gasteiger partial charge in [-0.2, -0.15) is 0 Å². The normalized spacial score (nSPS) is 21.2. The van der Waals surface area contributed by atoms with Gasteiger partial charge in [0.25, 0.3) is 5.91 Å². The van der Waals surface area contributed by atoms with E-state index in [0.717, 1.165) is 37.7 Å². The minimum absolute atomic E-state index is 0.115. The Hall–Kier alpha value is -2.29. The van der Waals surface area contributed by atoms with Gasteiger partial charge in [-0.05, 0) is 30.5 Å². The Morgan fingerprint density at radius 2 is 1.76 bits per heavy atom. The fraction of sp³-hybridized carbons (Fsp3) is 0.375. The summed E-state index contributed by atoms with van der Waals surface area (Å²) in [5, 5.41) is 12.8. The predicted octanol–water partition coefficient (Wildman–Crippen LogP) is 5.37. The molecule has 4 rings (SSSR count). The number of ketones is 1. The molecular weight excluding hydrogens is 545 g/mol. The highest BCUT2D eigenvalue weighted by atomic mass is 79.9. The molecule has 0 bridgehead atoms. The summed E-state index contributed by atoms with van der Waals surface area (Å²) in [7, 11) is 0. The number of halogens is 3. The highest BCUT2D eigenvalue weighted by Gasteiger charge is 2.58. The number of carbonyl (C=O) groups excluding carboxylic acids is 2. The first-order valence-corrected chi connectivity index (χ1v) is 12.6. The molecule has 2 aromatic rings. The van der Waals surface area contributed by atoms with Crippen LogP contribution in [-0.2, 0) is 16.0 Å². The van der Waals surface area contributed by atoms with E-state index in [2.05, 4.69) is 31.2 Å². The standard InChI is InChI=1S/C24H22BrCl2N3O4/c25-19-20(24(21(19)31)8-2-1-3-9-24)30-17(23(33)34)10-13-4-6-14(7-5-13)29-22(32)18-15(26)11-28-12-16(18)27/h4-7,11-12,17,19H,1-3,8-10H2,(H,29,32)(H,33,34)/t17-,19?/m0/s1. The van der Waals surface area contributed by atoms with Crippen LogP contribution in [0.1, 0.15) is 48.0 Å². The second-order valence-electron chi connectivity index (χ2n) is 8.57. The zero-order valence-electron chi connectivity index (χ0n) is 18.1. The summed E-state index contributed by atoms with van der Waals surface area (Å²) in [5.74, 6) is -1.41. The zero-order valence-corrected chi connectivity index (χ0v) is 21.2. The molecule has 0 aliphatic heterocycles. The number of aliphatic imine (C=N–C) groups is 1. The molecule has 178 valence electrons. The molecule has 2 atom stereocenters. The van der Waals surface area contributed by atoms with E-state index in [4.69, 9.17) is 23.2 Å². The molecule has 2 saturated carbocycles. The predicted molar refractivity (Wildman–Crippen MR) is 134 cm³/mol. The van der Waals surface area contributed by atoms with Crippen LogP contribution in [-0.4, -0.2) is 44.3 Å². The van der Waals surface area contributed by atoms with Crippen LogP contribution in [0.25, 0.3) is 0 Å². The Morgan fingerprint density at radius 3 is 2.35 bits per heavy atom. The fourth-order valence-corrected chi connectivity index (χ4v) is 6.16. The van der Waals surface area contributed by atoms with Crippen molar-refractivity contribution in [1.29, 1.82) is 0 Å². The van der Waals surface area contributed by atoms with E-state index in [-0.39, 0.29) is 27.8 Å². The maximum atomic E-state index is 12.6. The van der Waals surface area contributed by atoms with Gasteiger partial charge in [0.05, 0.1) is 21.0 Å². The number of nitrogens with one attached hydrogen (secondary N) is 1. The number of rotatable bonds is 6. The van der Waals surface area contributed by atoms with Crippen LogP contribution in [0.5, 0.6) is 0 Å². The van der Waals surface area contributed by atoms with Crippen LogP contribution in [0.2, 0.25) is 10.0 Å². The van der Waals surface area contributed by atoms with Crippen molar-refractivity contribution < 1.29 is 19.5 Å². The smallest absolute Gasteiger partial charge is 0.328 e. The van der Waals surface area contributed by atoms with Crippen molar-refractivity contribution in [3.63, 3.8) is 0 Å². The summed E-state index contributed by atoms with van der Waals surface area (Å²) in [4.78, 5) is 45.0. The number of aromatic nitrogens is 1. The summed E-state index contributed by atoms with van der Waals surface area (Å²) >= 11 is 15.5. The summed E-state index contributed by atoms with van der Waals surface area (Å²) in [6.07, 6.45) is 7.29. The topological polar surface area (TPSA) is 109 Å². The van der Waals surface area contributed by atoms with Gasteiger partial charge in [-0.15, -0.1) is 0 Å². The lowest BCUT2D eigenvalue weighted by molar-refractivity contribution is -0.138. The molecule has 2 aliphatic carbocycles. The number of hydrogen-bond donors (Lipinski definition) is 2. The molecule has 1 spiro atoms. The summed E-state index contributed by atoms with van der Waals surface area (Å²) in [6, 6.07) is 5.80. The van der Waals surface area contributed by atoms with Crippen LogP contribution in [0.15, 0.2) is 41.7 Å². The van der Waals surface area contributed by atoms with Gasteiger partial charge in [-0.1, -0.05) is 70.5 Å². The van der Waals surface area contributed by atoms with Crippen molar-refractivity contribution in [3.05, 3.63) is 57.8 Å². The lowest BCUT2D eigenvalue weighted by Crippen LogP contribution is -2.61. The number of Topliss-reactive ketones (excluding diaryl/α,β-unsaturated/α-hetero) is 1. The van der Waals surface area contributed by atoms with Gasteiger partial charge in [0.15, 0.2) is 11.8 Å². The van der Waals surface area contributed by atoms with Crippen LogP contribution >= 0.6 is 39.1 Å². The first kappa shape index (κ1) is 24.8. The molecule has 1 amide bonds. The Balaban J connectivity index is 1.48. The number of benzene rings is 1. The van der Waals surface area contributed by atoms with Crippen LogP contribution in [0.4, 0.5) is 5.69 Å². The Bertz CT molecular complexity index is 1140. The third-order valence-electron chi connectivity index (χ3n) is 6.44. The molecule has 0 radical (unpaired) electrons. The van der Waals surface area contributed by atoms with E-state index in [1.807, 2.05) is 0 Å². The summed E-state index contributed by atoms with van der Waals surface area (Å²) in [6.45, 7) is 0. The Kier molecular flexibility index (Phi) is 7.40. The van der Waals surface area contributed by atoms with E-state index < -0.39 is 28.2 Å². The number of nitrogens with zero attached hydrogens (tertiary/aromatic N) is 2. The second kappa shape index (κ2) is 10.1. The second-order valence-corrected chi connectivity index (χ2v) is 10.3. The van der Waals surface area contributed by atoms with Crippen molar-refractivity contribution in [2.24, 2.45) is 10.4 Å². The average molecular weight is 567 g/mol. The number of carbonyl (C=O) groups is 3. The van der Waals surface area contributed by atoms with E-state index >= 15 is 0 Å². The van der Waals surface area contributed by atoms with Crippen molar-refractivity contribution >= 4 is 68.2 Å². The van der Waals surface area contributed by atoms with Gasteiger partial charge in [0, 0.05) is 30.2 Å². The molecule has 7 nitrogen and oxygen atoms in total. The first-order chi connectivity index (χ1) is 16.2. The van der Waals surface area contributed by atoms with Gasteiger partial charge < -0.3 is 10.4 Å². The monoisotopic (exact) mass is 565 g/mol. The largest absolute Gasteiger partial charge is 0.480 e. The number of carboxylic acid groups (broad SMARTS) is 1. The highest BCUT2D eigenvalue weighted by Crippen LogP contribution is 2.49. The lowest BCUT2D eigenvalue weighted by atomic mass is 9.58. The van der Waals surface area contributed by atoms with E-state index in [9.17, 15) is 19.5 Å². The van der Waals surface area contributed by atoms with Gasteiger partial charge in [0.2, 0.25) is 0 Å². The minimum Gasteiger partial charge on any atom is -0.480 e. The van der Waals surface area contributed by atoms with Crippen molar-refractivity contribution in [2.45, 2.75) is 49.4 Å². The lowest BCUT2D eigenvalue weighted by Gasteiger charge is -2.47. The van der Waals surface area contributed by atoms with Crippen LogP contribution < -0.4 is 5.32 Å². The third-order valence-corrected chi connectivity index (χ3v) is 7.86.